The largest absolute Gasteiger partial charge is 0.454 e. The van der Waals surface area contributed by atoms with Gasteiger partial charge in [-0.3, -0.25) is 4.79 Å². The van der Waals surface area contributed by atoms with Crippen LogP contribution in [0.4, 0.5) is 4.39 Å². The third-order valence-electron chi connectivity index (χ3n) is 4.02. The number of fused-ring (bicyclic) bond motifs is 1. The first kappa shape index (κ1) is 19.0. The molecule has 0 saturated carbocycles. The third-order valence-corrected chi connectivity index (χ3v) is 4.26. The topological polar surface area (TPSA) is 65.1 Å². The van der Waals surface area contributed by atoms with Crippen molar-refractivity contribution in [1.29, 1.82) is 0 Å². The number of benzene rings is 2. The molecule has 0 aromatic heterocycles. The van der Waals surface area contributed by atoms with Crippen LogP contribution in [0.2, 0.25) is 5.02 Å². The standard InChI is InChI=1S/C19H17ClFNO5/c1-2-22(9-12-3-6-16-17(7-12)27-11-26-16)18(23)10-25-19(24)14-5-4-13(20)8-15(14)21/h3-8H,2,9-11H2,1H3. The molecule has 142 valence electrons. The second kappa shape index (κ2) is 8.26. The van der Waals surface area contributed by atoms with E-state index in [1.165, 1.54) is 17.0 Å². The SMILES string of the molecule is CCN(Cc1ccc2c(c1)OCO2)C(=O)COC(=O)c1ccc(Cl)cc1F. The van der Waals surface area contributed by atoms with Crippen molar-refractivity contribution in [3.8, 4) is 11.5 Å². The maximum absolute atomic E-state index is 13.7. The van der Waals surface area contributed by atoms with Crippen molar-refractivity contribution in [2.45, 2.75) is 13.5 Å². The van der Waals surface area contributed by atoms with Crippen LogP contribution in [0.25, 0.3) is 0 Å². The van der Waals surface area contributed by atoms with Crippen molar-refractivity contribution in [3.05, 3.63) is 58.4 Å². The lowest BCUT2D eigenvalue weighted by Gasteiger charge is -2.21. The highest BCUT2D eigenvalue weighted by atomic mass is 35.5. The van der Waals surface area contributed by atoms with Gasteiger partial charge in [-0.2, -0.15) is 0 Å². The number of nitrogens with zero attached hydrogens (tertiary/aromatic N) is 1. The van der Waals surface area contributed by atoms with Crippen LogP contribution >= 0.6 is 11.6 Å². The van der Waals surface area contributed by atoms with Crippen molar-refractivity contribution < 1.29 is 28.2 Å². The first-order valence-corrected chi connectivity index (χ1v) is 8.64. The fourth-order valence-corrected chi connectivity index (χ4v) is 2.75. The molecular weight excluding hydrogens is 377 g/mol. The van der Waals surface area contributed by atoms with Crippen molar-refractivity contribution in [3.63, 3.8) is 0 Å². The number of hydrogen-bond acceptors (Lipinski definition) is 5. The first-order valence-electron chi connectivity index (χ1n) is 8.26. The Kier molecular flexibility index (Phi) is 5.81. The lowest BCUT2D eigenvalue weighted by Crippen LogP contribution is -2.34. The summed E-state index contributed by atoms with van der Waals surface area (Å²) < 4.78 is 29.3. The molecule has 0 bridgehead atoms. The van der Waals surface area contributed by atoms with E-state index in [2.05, 4.69) is 0 Å². The molecule has 0 atom stereocenters. The van der Waals surface area contributed by atoms with Gasteiger partial charge in [0.05, 0.1) is 5.56 Å². The quantitative estimate of drug-likeness (QED) is 0.704. The van der Waals surface area contributed by atoms with Gasteiger partial charge in [0.2, 0.25) is 6.79 Å². The highest BCUT2D eigenvalue weighted by Crippen LogP contribution is 2.32. The summed E-state index contributed by atoms with van der Waals surface area (Å²) in [5.74, 6) is -0.824. The molecule has 0 radical (unpaired) electrons. The molecule has 8 heteroatoms. The van der Waals surface area contributed by atoms with Crippen LogP contribution in [-0.4, -0.2) is 36.7 Å². The van der Waals surface area contributed by atoms with Gasteiger partial charge < -0.3 is 19.1 Å². The summed E-state index contributed by atoms with van der Waals surface area (Å²) in [7, 11) is 0. The zero-order valence-electron chi connectivity index (χ0n) is 14.5. The molecule has 0 unspecified atom stereocenters. The minimum Gasteiger partial charge on any atom is -0.454 e. The summed E-state index contributed by atoms with van der Waals surface area (Å²) in [4.78, 5) is 25.9. The summed E-state index contributed by atoms with van der Waals surface area (Å²) in [5.41, 5.74) is 0.579. The average Bonchev–Trinajstić information content (AvgIpc) is 3.11. The first-order chi connectivity index (χ1) is 13.0. The van der Waals surface area contributed by atoms with Crippen LogP contribution in [0.15, 0.2) is 36.4 Å². The van der Waals surface area contributed by atoms with E-state index in [4.69, 9.17) is 25.8 Å². The Hall–Kier alpha value is -2.80. The van der Waals surface area contributed by atoms with E-state index in [0.29, 0.717) is 24.6 Å². The van der Waals surface area contributed by atoms with Gasteiger partial charge >= 0.3 is 5.97 Å². The van der Waals surface area contributed by atoms with Crippen LogP contribution in [0, 0.1) is 5.82 Å². The second-order valence-corrected chi connectivity index (χ2v) is 6.23. The van der Waals surface area contributed by atoms with E-state index in [-0.39, 0.29) is 17.4 Å². The number of carbonyl (C=O) groups excluding carboxylic acids is 2. The molecule has 1 heterocycles. The van der Waals surface area contributed by atoms with Gasteiger partial charge in [0.1, 0.15) is 5.82 Å². The average molecular weight is 394 g/mol. The molecule has 2 aromatic rings. The van der Waals surface area contributed by atoms with E-state index < -0.39 is 24.3 Å². The van der Waals surface area contributed by atoms with E-state index >= 15 is 0 Å². The summed E-state index contributed by atoms with van der Waals surface area (Å²) in [6.45, 7) is 2.23. The molecule has 0 N–H and O–H groups in total. The van der Waals surface area contributed by atoms with Crippen LogP contribution in [0.3, 0.4) is 0 Å². The van der Waals surface area contributed by atoms with Crippen LogP contribution < -0.4 is 9.47 Å². The normalized spacial score (nSPS) is 12.0. The van der Waals surface area contributed by atoms with Crippen molar-refractivity contribution in [2.24, 2.45) is 0 Å². The lowest BCUT2D eigenvalue weighted by molar-refractivity contribution is -0.135. The Morgan fingerprint density at radius 1 is 1.19 bits per heavy atom. The zero-order valence-corrected chi connectivity index (χ0v) is 15.3. The highest BCUT2D eigenvalue weighted by Gasteiger charge is 2.19. The van der Waals surface area contributed by atoms with Gasteiger partial charge in [0.15, 0.2) is 18.1 Å². The molecule has 2 aromatic carbocycles. The minimum atomic E-state index is -0.920. The van der Waals surface area contributed by atoms with Crippen molar-refractivity contribution >= 4 is 23.5 Å². The molecule has 3 rings (SSSR count). The van der Waals surface area contributed by atoms with E-state index in [1.807, 2.05) is 13.0 Å². The highest BCUT2D eigenvalue weighted by molar-refractivity contribution is 6.30. The fraction of sp³-hybridized carbons (Fsp3) is 0.263. The van der Waals surface area contributed by atoms with E-state index in [1.54, 1.807) is 12.1 Å². The summed E-state index contributed by atoms with van der Waals surface area (Å²) in [5, 5.41) is 0.168. The van der Waals surface area contributed by atoms with E-state index in [9.17, 15) is 14.0 Å². The third kappa shape index (κ3) is 4.49. The number of halogens is 2. The van der Waals surface area contributed by atoms with E-state index in [0.717, 1.165) is 11.6 Å². The Morgan fingerprint density at radius 2 is 1.96 bits per heavy atom. The predicted octanol–water partition coefficient (Wildman–Crippen LogP) is 3.41. The second-order valence-electron chi connectivity index (χ2n) is 5.80. The lowest BCUT2D eigenvalue weighted by atomic mass is 10.2. The summed E-state index contributed by atoms with van der Waals surface area (Å²) in [6.07, 6.45) is 0. The van der Waals surface area contributed by atoms with Gasteiger partial charge in [0.25, 0.3) is 5.91 Å². The molecule has 1 aliphatic rings. The van der Waals surface area contributed by atoms with Crippen molar-refractivity contribution in [1.82, 2.24) is 4.90 Å². The molecule has 0 saturated heterocycles. The van der Waals surface area contributed by atoms with Crippen LogP contribution in [0.1, 0.15) is 22.8 Å². The van der Waals surface area contributed by atoms with Gasteiger partial charge in [0, 0.05) is 18.1 Å². The fourth-order valence-electron chi connectivity index (χ4n) is 2.59. The molecule has 0 spiro atoms. The van der Waals surface area contributed by atoms with Crippen molar-refractivity contribution in [2.75, 3.05) is 19.9 Å². The van der Waals surface area contributed by atoms with Gasteiger partial charge in [-0.1, -0.05) is 17.7 Å². The summed E-state index contributed by atoms with van der Waals surface area (Å²) in [6, 6.07) is 9.01. The number of esters is 1. The van der Waals surface area contributed by atoms with Gasteiger partial charge in [-0.15, -0.1) is 0 Å². The smallest absolute Gasteiger partial charge is 0.341 e. The number of likely N-dealkylation sites (N-methyl/N-ethyl adjacent to an activating group) is 1. The number of hydrogen-bond donors (Lipinski definition) is 0. The number of amides is 1. The van der Waals surface area contributed by atoms with Gasteiger partial charge in [-0.25, -0.2) is 9.18 Å². The molecule has 1 aliphatic heterocycles. The number of carbonyl (C=O) groups is 2. The summed E-state index contributed by atoms with van der Waals surface area (Å²) >= 11 is 5.65. The zero-order chi connectivity index (χ0) is 19.4. The predicted molar refractivity (Wildman–Crippen MR) is 95.3 cm³/mol. The maximum atomic E-state index is 13.7. The Morgan fingerprint density at radius 3 is 2.70 bits per heavy atom. The minimum absolute atomic E-state index is 0.168. The Labute approximate surface area is 160 Å². The number of ether oxygens (including phenoxy) is 3. The molecule has 1 amide bonds. The van der Waals surface area contributed by atoms with Crippen LogP contribution in [0.5, 0.6) is 11.5 Å². The molecule has 0 fully saturated rings. The maximum Gasteiger partial charge on any atom is 0.341 e. The molecular formula is C19H17ClFNO5. The van der Waals surface area contributed by atoms with Crippen LogP contribution in [-0.2, 0) is 16.1 Å². The molecule has 0 aliphatic carbocycles. The monoisotopic (exact) mass is 393 g/mol. The molecule has 27 heavy (non-hydrogen) atoms. The molecule has 6 nitrogen and oxygen atoms in total. The number of rotatable bonds is 6. The van der Waals surface area contributed by atoms with Gasteiger partial charge in [-0.05, 0) is 42.8 Å². The Balaban J connectivity index is 1.59. The Bertz CT molecular complexity index is 873.